The summed E-state index contributed by atoms with van der Waals surface area (Å²) in [6.07, 6.45) is 3.04. The molecule has 6 nitrogen and oxygen atoms in total. The summed E-state index contributed by atoms with van der Waals surface area (Å²) in [5.41, 5.74) is 1.60. The molecule has 1 unspecified atom stereocenters. The first-order valence-electron chi connectivity index (χ1n) is 11.1. The largest absolute Gasteiger partial charge is 0.491 e. The van der Waals surface area contributed by atoms with Crippen molar-refractivity contribution in [3.05, 3.63) is 59.7 Å². The molecule has 1 aliphatic heterocycles. The number of hydrogen-bond donors (Lipinski definition) is 2. The van der Waals surface area contributed by atoms with Crippen LogP contribution in [0.15, 0.2) is 48.5 Å². The van der Waals surface area contributed by atoms with Crippen LogP contribution in [0.5, 0.6) is 5.75 Å². The Hall–Kier alpha value is -2.93. The number of carbonyl (C=O) groups excluding carboxylic acids is 2. The van der Waals surface area contributed by atoms with Gasteiger partial charge in [0.25, 0.3) is 11.8 Å². The molecule has 7 heteroatoms. The van der Waals surface area contributed by atoms with Gasteiger partial charge >= 0.3 is 0 Å². The van der Waals surface area contributed by atoms with Crippen LogP contribution in [-0.4, -0.2) is 41.0 Å². The van der Waals surface area contributed by atoms with Gasteiger partial charge in [0.15, 0.2) is 5.11 Å². The minimum absolute atomic E-state index is 0.0222. The van der Waals surface area contributed by atoms with Crippen molar-refractivity contribution >= 4 is 34.8 Å². The van der Waals surface area contributed by atoms with E-state index in [0.717, 1.165) is 38.1 Å². The lowest BCUT2D eigenvalue weighted by molar-refractivity contribution is 0.0698. The summed E-state index contributed by atoms with van der Waals surface area (Å²) in [6.45, 7) is 7.78. The Labute approximate surface area is 195 Å². The lowest BCUT2D eigenvalue weighted by atomic mass is 9.98. The Morgan fingerprint density at radius 1 is 1.12 bits per heavy atom. The van der Waals surface area contributed by atoms with Crippen LogP contribution in [-0.2, 0) is 0 Å². The Bertz CT molecular complexity index is 953. The van der Waals surface area contributed by atoms with Gasteiger partial charge in [0.05, 0.1) is 17.4 Å². The molecule has 32 heavy (non-hydrogen) atoms. The molecule has 0 spiro atoms. The summed E-state index contributed by atoms with van der Waals surface area (Å²) < 4.78 is 5.74. The highest BCUT2D eigenvalue weighted by Crippen LogP contribution is 2.22. The maximum absolute atomic E-state index is 13.0. The zero-order chi connectivity index (χ0) is 23.1. The van der Waals surface area contributed by atoms with E-state index in [2.05, 4.69) is 24.5 Å². The van der Waals surface area contributed by atoms with Crippen LogP contribution < -0.4 is 15.4 Å². The number of likely N-dealkylation sites (tertiary alicyclic amines) is 1. The number of hydrogen-bond acceptors (Lipinski definition) is 4. The third kappa shape index (κ3) is 6.29. The summed E-state index contributed by atoms with van der Waals surface area (Å²) in [7, 11) is 0. The van der Waals surface area contributed by atoms with Crippen LogP contribution in [0.1, 0.15) is 60.7 Å². The highest BCUT2D eigenvalue weighted by Gasteiger charge is 2.23. The second-order valence-corrected chi connectivity index (χ2v) is 8.70. The molecular weight excluding hydrogens is 422 g/mol. The molecule has 0 saturated carbocycles. The van der Waals surface area contributed by atoms with E-state index in [1.54, 1.807) is 36.4 Å². The van der Waals surface area contributed by atoms with Crippen molar-refractivity contribution in [1.82, 2.24) is 10.2 Å². The number of carbonyl (C=O) groups is 2. The van der Waals surface area contributed by atoms with Gasteiger partial charge in [0.2, 0.25) is 0 Å². The van der Waals surface area contributed by atoms with E-state index in [1.807, 2.05) is 24.0 Å². The first-order valence-corrected chi connectivity index (χ1v) is 11.6. The summed E-state index contributed by atoms with van der Waals surface area (Å²) in [6, 6.07) is 14.2. The van der Waals surface area contributed by atoms with Crippen molar-refractivity contribution in [2.75, 3.05) is 18.4 Å². The number of amides is 2. The van der Waals surface area contributed by atoms with Crippen LogP contribution in [0.2, 0.25) is 0 Å². The quantitative estimate of drug-likeness (QED) is 0.611. The number of piperidine rings is 1. The molecule has 2 aromatic rings. The molecule has 0 bridgehead atoms. The van der Waals surface area contributed by atoms with Crippen LogP contribution in [0.4, 0.5) is 5.69 Å². The van der Waals surface area contributed by atoms with Crippen LogP contribution >= 0.6 is 12.2 Å². The number of nitrogens with one attached hydrogen (secondary N) is 2. The van der Waals surface area contributed by atoms with E-state index >= 15 is 0 Å². The van der Waals surface area contributed by atoms with Gasteiger partial charge in [-0.1, -0.05) is 26.0 Å². The summed E-state index contributed by atoms with van der Waals surface area (Å²) in [4.78, 5) is 27.5. The minimum atomic E-state index is -0.327. The smallest absolute Gasteiger partial charge is 0.257 e. The number of nitrogens with zero attached hydrogens (tertiary/aromatic N) is 1. The average molecular weight is 454 g/mol. The summed E-state index contributed by atoms with van der Waals surface area (Å²) in [5, 5.41) is 5.84. The first kappa shape index (κ1) is 23.7. The molecule has 1 saturated heterocycles. The van der Waals surface area contributed by atoms with Crippen molar-refractivity contribution in [2.45, 2.75) is 46.1 Å². The van der Waals surface area contributed by atoms with Crippen LogP contribution in [0.3, 0.4) is 0 Å². The van der Waals surface area contributed by atoms with Crippen molar-refractivity contribution < 1.29 is 14.3 Å². The third-order valence-electron chi connectivity index (χ3n) is 5.73. The van der Waals surface area contributed by atoms with Crippen molar-refractivity contribution in [2.24, 2.45) is 5.92 Å². The van der Waals surface area contributed by atoms with Gasteiger partial charge < -0.3 is 15.0 Å². The van der Waals surface area contributed by atoms with Gasteiger partial charge in [-0.15, -0.1) is 0 Å². The Morgan fingerprint density at radius 3 is 2.44 bits per heavy atom. The number of rotatable bonds is 6. The van der Waals surface area contributed by atoms with Crippen LogP contribution in [0.25, 0.3) is 0 Å². The molecule has 1 heterocycles. The van der Waals surface area contributed by atoms with Gasteiger partial charge in [-0.05, 0) is 80.7 Å². The molecule has 0 aliphatic carbocycles. The van der Waals surface area contributed by atoms with Crippen molar-refractivity contribution in [3.8, 4) is 5.75 Å². The third-order valence-corrected chi connectivity index (χ3v) is 5.94. The normalized spacial score (nSPS) is 15.0. The average Bonchev–Trinajstić information content (AvgIpc) is 2.79. The molecule has 1 fully saturated rings. The second-order valence-electron chi connectivity index (χ2n) is 8.29. The number of ether oxygens (including phenoxy) is 1. The number of thiocarbonyl (C=S) groups is 1. The van der Waals surface area contributed by atoms with Gasteiger partial charge in [-0.3, -0.25) is 14.9 Å². The molecule has 3 rings (SSSR count). The zero-order valence-corrected chi connectivity index (χ0v) is 19.7. The van der Waals surface area contributed by atoms with Gasteiger partial charge in [0.1, 0.15) is 5.75 Å². The van der Waals surface area contributed by atoms with E-state index in [0.29, 0.717) is 22.7 Å². The standard InChI is InChI=1S/C25H31N3O3S/c1-4-18(3)31-20-11-9-19(10-12-20)23(29)27-25(32)26-22-8-6-5-7-21(22)24(30)28-15-13-17(2)14-16-28/h5-12,17-18H,4,13-16H2,1-3H3,(H2,26,27,29,32). The predicted molar refractivity (Wildman–Crippen MR) is 131 cm³/mol. The summed E-state index contributed by atoms with van der Waals surface area (Å²) >= 11 is 5.34. The summed E-state index contributed by atoms with van der Waals surface area (Å²) in [5.74, 6) is 1.01. The maximum atomic E-state index is 13.0. The number of anilines is 1. The van der Waals surface area contributed by atoms with E-state index < -0.39 is 0 Å². The number of benzene rings is 2. The molecule has 170 valence electrons. The number of para-hydroxylation sites is 1. The molecular formula is C25H31N3O3S. The van der Waals surface area contributed by atoms with E-state index in [4.69, 9.17) is 17.0 Å². The van der Waals surface area contributed by atoms with Gasteiger partial charge in [0, 0.05) is 18.7 Å². The lowest BCUT2D eigenvalue weighted by Gasteiger charge is -2.30. The second kappa shape index (κ2) is 11.1. The fourth-order valence-electron chi connectivity index (χ4n) is 3.49. The maximum Gasteiger partial charge on any atom is 0.257 e. The van der Waals surface area contributed by atoms with Crippen molar-refractivity contribution in [3.63, 3.8) is 0 Å². The van der Waals surface area contributed by atoms with E-state index in [9.17, 15) is 9.59 Å². The predicted octanol–water partition coefficient (Wildman–Crippen LogP) is 4.86. The lowest BCUT2D eigenvalue weighted by Crippen LogP contribution is -2.39. The minimum Gasteiger partial charge on any atom is -0.491 e. The van der Waals surface area contributed by atoms with Crippen LogP contribution in [0, 0.1) is 5.92 Å². The molecule has 0 radical (unpaired) electrons. The fourth-order valence-corrected chi connectivity index (χ4v) is 3.69. The first-order chi connectivity index (χ1) is 15.4. The van der Waals surface area contributed by atoms with Gasteiger partial charge in [-0.25, -0.2) is 0 Å². The SMILES string of the molecule is CCC(C)Oc1ccc(C(=O)NC(=S)Nc2ccccc2C(=O)N2CCC(C)CC2)cc1. The molecule has 1 aliphatic rings. The monoisotopic (exact) mass is 453 g/mol. The highest BCUT2D eigenvalue weighted by atomic mass is 32.1. The Kier molecular flexibility index (Phi) is 8.22. The fraction of sp³-hybridized carbons (Fsp3) is 0.400. The Morgan fingerprint density at radius 2 is 1.78 bits per heavy atom. The molecule has 0 aromatic heterocycles. The zero-order valence-electron chi connectivity index (χ0n) is 18.9. The molecule has 2 aromatic carbocycles. The molecule has 2 amide bonds. The molecule has 1 atom stereocenters. The highest BCUT2D eigenvalue weighted by molar-refractivity contribution is 7.80. The topological polar surface area (TPSA) is 70.7 Å². The van der Waals surface area contributed by atoms with E-state index in [-0.39, 0.29) is 23.0 Å². The van der Waals surface area contributed by atoms with E-state index in [1.165, 1.54) is 0 Å². The van der Waals surface area contributed by atoms with Crippen molar-refractivity contribution in [1.29, 1.82) is 0 Å². The molecule has 2 N–H and O–H groups in total. The Balaban J connectivity index is 1.61. The van der Waals surface area contributed by atoms with Gasteiger partial charge in [-0.2, -0.15) is 0 Å².